The Hall–Kier alpha value is 0.914. The lowest BCUT2D eigenvalue weighted by molar-refractivity contribution is 0.169. The summed E-state index contributed by atoms with van der Waals surface area (Å²) in [6.45, 7) is 8.06. The molecule has 0 nitrogen and oxygen atoms in total. The predicted octanol–water partition coefficient (Wildman–Crippen LogP) is 7.12. The second-order valence-corrected chi connectivity index (χ2v) is 23.5. The van der Waals surface area contributed by atoms with Gasteiger partial charge in [-0.25, -0.2) is 0 Å². The lowest BCUT2D eigenvalue weighted by atomic mass is 9.71. The molecule has 0 aliphatic heterocycles. The molecular weight excluding hydrogens is 412 g/mol. The minimum absolute atomic E-state index is 0.467. The van der Waals surface area contributed by atoms with Gasteiger partial charge in [-0.15, -0.1) is 0 Å². The van der Waals surface area contributed by atoms with Gasteiger partial charge in [0.05, 0.1) is 0 Å². The average Bonchev–Trinajstić information content (AvgIpc) is 3.38. The Balaban J connectivity index is 1.37. The number of hydrogen-bond donors (Lipinski definition) is 0. The van der Waals surface area contributed by atoms with Gasteiger partial charge >= 0.3 is 0 Å². The topological polar surface area (TPSA) is 0 Å². The van der Waals surface area contributed by atoms with Crippen LogP contribution in [0.1, 0.15) is 84.0 Å². The second-order valence-electron chi connectivity index (χ2n) is 10.9. The highest BCUT2D eigenvalue weighted by molar-refractivity contribution is 9.09. The summed E-state index contributed by atoms with van der Waals surface area (Å²) in [7, 11) is -0.965. The highest BCUT2D eigenvalue weighted by Crippen LogP contribution is 2.59. The van der Waals surface area contributed by atoms with Gasteiger partial charge in [-0.05, 0) is 54.4 Å². The average molecular weight is 456 g/mol. The lowest BCUT2D eigenvalue weighted by Crippen LogP contribution is -2.43. The fraction of sp³-hybridized carbons (Fsp3) is 1.00. The zero-order chi connectivity index (χ0) is 18.3. The largest absolute Gasteiger partial charge is 0.0884 e. The van der Waals surface area contributed by atoms with Crippen molar-refractivity contribution < 1.29 is 0 Å². The molecule has 3 heteroatoms. The monoisotopic (exact) mass is 454 g/mol. The zero-order valence-electron chi connectivity index (χ0n) is 17.6. The smallest absolute Gasteiger partial charge is 0.0285 e. The quantitative estimate of drug-likeness (QED) is 0.295. The Morgan fingerprint density at radius 2 is 1.69 bits per heavy atom. The zero-order valence-corrected chi connectivity index (χ0v) is 21.5. The van der Waals surface area contributed by atoms with Crippen molar-refractivity contribution in [2.45, 2.75) is 113 Å². The van der Waals surface area contributed by atoms with E-state index in [-0.39, 0.29) is 0 Å². The molecule has 0 bridgehead atoms. The van der Waals surface area contributed by atoms with Crippen LogP contribution < -0.4 is 0 Å². The Bertz CT molecular complexity index is 469. The standard InChI is InChI=1S/C23H43BrSi2/c1-4-5-7-16-10-11-18(14-16)25(2)26(3)22-13-12-20-21(22)15-17-8-6-9-19(17)23(20)24/h16-23,25-26H,4-15H2,1-3H3. The molecule has 0 aromatic heterocycles. The van der Waals surface area contributed by atoms with Crippen LogP contribution in [-0.4, -0.2) is 21.5 Å². The molecule has 0 radical (unpaired) electrons. The summed E-state index contributed by atoms with van der Waals surface area (Å²) in [5, 5.41) is 0. The molecular formula is C23H43BrSi2. The molecule has 4 aliphatic rings. The van der Waals surface area contributed by atoms with Crippen molar-refractivity contribution in [3.05, 3.63) is 0 Å². The van der Waals surface area contributed by atoms with Crippen molar-refractivity contribution in [1.29, 1.82) is 0 Å². The Labute approximate surface area is 174 Å². The Morgan fingerprint density at radius 3 is 2.50 bits per heavy atom. The van der Waals surface area contributed by atoms with E-state index in [1.165, 1.54) is 36.8 Å². The summed E-state index contributed by atoms with van der Waals surface area (Å²) in [6, 6.07) is 0. The van der Waals surface area contributed by atoms with Gasteiger partial charge in [0, 0.05) is 21.5 Å². The van der Waals surface area contributed by atoms with Crippen LogP contribution in [0.4, 0.5) is 0 Å². The van der Waals surface area contributed by atoms with Gasteiger partial charge in [-0.3, -0.25) is 0 Å². The van der Waals surface area contributed by atoms with E-state index in [9.17, 15) is 0 Å². The van der Waals surface area contributed by atoms with Crippen LogP contribution in [0.5, 0.6) is 0 Å². The van der Waals surface area contributed by atoms with Gasteiger partial charge in [0.2, 0.25) is 0 Å². The molecule has 0 aromatic carbocycles. The first-order valence-corrected chi connectivity index (χ1v) is 19.5. The number of alkyl halides is 1. The molecule has 0 spiro atoms. The van der Waals surface area contributed by atoms with Crippen molar-refractivity contribution >= 4 is 32.6 Å². The van der Waals surface area contributed by atoms with Crippen molar-refractivity contribution in [1.82, 2.24) is 0 Å². The van der Waals surface area contributed by atoms with E-state index in [1.54, 1.807) is 51.4 Å². The highest BCUT2D eigenvalue weighted by Gasteiger charge is 2.52. The second kappa shape index (κ2) is 8.73. The summed E-state index contributed by atoms with van der Waals surface area (Å²) in [6.07, 6.45) is 18.8. The molecule has 4 saturated carbocycles. The van der Waals surface area contributed by atoms with Crippen molar-refractivity contribution in [3.63, 3.8) is 0 Å². The van der Waals surface area contributed by atoms with Gasteiger partial charge in [0.25, 0.3) is 0 Å². The van der Waals surface area contributed by atoms with Crippen LogP contribution in [0.3, 0.4) is 0 Å². The minimum Gasteiger partial charge on any atom is -0.0884 e. The highest BCUT2D eigenvalue weighted by atomic mass is 79.9. The van der Waals surface area contributed by atoms with E-state index in [2.05, 4.69) is 35.9 Å². The number of unbranched alkanes of at least 4 members (excludes halogenated alkanes) is 1. The predicted molar refractivity (Wildman–Crippen MR) is 125 cm³/mol. The first kappa shape index (κ1) is 20.2. The summed E-state index contributed by atoms with van der Waals surface area (Å²) < 4.78 is 0. The first-order chi connectivity index (χ1) is 12.6. The van der Waals surface area contributed by atoms with Gasteiger partial charge in [0.15, 0.2) is 0 Å². The van der Waals surface area contributed by atoms with Crippen LogP contribution >= 0.6 is 15.9 Å². The fourth-order valence-corrected chi connectivity index (χ4v) is 22.0. The summed E-state index contributed by atoms with van der Waals surface area (Å²) in [5.41, 5.74) is 2.47. The first-order valence-electron chi connectivity index (χ1n) is 12.2. The minimum atomic E-state index is -0.498. The molecule has 0 heterocycles. The number of hydrogen-bond acceptors (Lipinski definition) is 0. The van der Waals surface area contributed by atoms with Crippen molar-refractivity contribution in [2.24, 2.45) is 29.6 Å². The maximum absolute atomic E-state index is 4.24. The third-order valence-electron chi connectivity index (χ3n) is 9.84. The maximum atomic E-state index is 4.24. The fourth-order valence-electron chi connectivity index (χ4n) is 8.14. The van der Waals surface area contributed by atoms with Crippen LogP contribution in [-0.2, 0) is 0 Å². The molecule has 0 N–H and O–H groups in total. The number of rotatable bonds is 6. The van der Waals surface area contributed by atoms with Gasteiger partial charge in [-0.1, -0.05) is 99.3 Å². The SMILES string of the molecule is CCCCC1CCC([SiH](C)[SiH](C)C2CCC3C(Br)C4CCCC4CC32)C1. The molecule has 0 aromatic rings. The van der Waals surface area contributed by atoms with Gasteiger partial charge in [0.1, 0.15) is 0 Å². The summed E-state index contributed by atoms with van der Waals surface area (Å²) in [4.78, 5) is 0.891. The Kier molecular flexibility index (Phi) is 6.78. The normalized spacial score (nSPS) is 47.5. The molecule has 0 amide bonds. The number of fused-ring (bicyclic) bond motifs is 2. The van der Waals surface area contributed by atoms with E-state index in [0.717, 1.165) is 34.4 Å². The van der Waals surface area contributed by atoms with Crippen LogP contribution in [0.25, 0.3) is 0 Å². The van der Waals surface area contributed by atoms with E-state index < -0.39 is 16.6 Å². The summed E-state index contributed by atoms with van der Waals surface area (Å²) in [5.74, 6) is 5.48. The van der Waals surface area contributed by atoms with E-state index >= 15 is 0 Å². The molecule has 4 aliphatic carbocycles. The van der Waals surface area contributed by atoms with Crippen molar-refractivity contribution in [3.8, 4) is 0 Å². The van der Waals surface area contributed by atoms with Gasteiger partial charge < -0.3 is 0 Å². The molecule has 150 valence electrons. The number of halogens is 1. The van der Waals surface area contributed by atoms with Crippen LogP contribution in [0.15, 0.2) is 0 Å². The van der Waals surface area contributed by atoms with Crippen molar-refractivity contribution in [2.75, 3.05) is 0 Å². The third-order valence-corrected chi connectivity index (χ3v) is 25.2. The molecule has 0 saturated heterocycles. The third kappa shape index (κ3) is 3.84. The van der Waals surface area contributed by atoms with Crippen LogP contribution in [0, 0.1) is 29.6 Å². The molecule has 26 heavy (non-hydrogen) atoms. The summed E-state index contributed by atoms with van der Waals surface area (Å²) >= 11 is 4.24. The molecule has 10 unspecified atom stereocenters. The van der Waals surface area contributed by atoms with E-state index in [1.807, 2.05) is 0 Å². The van der Waals surface area contributed by atoms with E-state index in [4.69, 9.17) is 0 Å². The Morgan fingerprint density at radius 1 is 0.846 bits per heavy atom. The maximum Gasteiger partial charge on any atom is 0.0285 e. The molecule has 4 fully saturated rings. The van der Waals surface area contributed by atoms with E-state index in [0.29, 0.717) is 0 Å². The van der Waals surface area contributed by atoms with Gasteiger partial charge in [-0.2, -0.15) is 0 Å². The molecule has 4 rings (SSSR count). The van der Waals surface area contributed by atoms with Crippen LogP contribution in [0.2, 0.25) is 24.2 Å². The lowest BCUT2D eigenvalue weighted by Gasteiger charge is -2.43. The molecule has 10 atom stereocenters.